The van der Waals surface area contributed by atoms with Crippen LogP contribution in [0.4, 0.5) is 4.39 Å². The van der Waals surface area contributed by atoms with Crippen molar-refractivity contribution in [3.05, 3.63) is 42.1 Å². The zero-order chi connectivity index (χ0) is 15.4. The maximum Gasteiger partial charge on any atom is 0.149 e. The van der Waals surface area contributed by atoms with Crippen LogP contribution in [0, 0.1) is 17.1 Å². The summed E-state index contributed by atoms with van der Waals surface area (Å²) in [5.41, 5.74) is 1.19. The Morgan fingerprint density at radius 3 is 2.73 bits per heavy atom. The molecular formula is C16H14FN3OS. The maximum atomic E-state index is 13.8. The molecular weight excluding hydrogens is 301 g/mol. The van der Waals surface area contributed by atoms with Crippen LogP contribution in [-0.2, 0) is 4.74 Å². The number of thioether (sulfide) groups is 1. The molecule has 0 spiro atoms. The van der Waals surface area contributed by atoms with Crippen molar-refractivity contribution in [2.45, 2.75) is 23.1 Å². The molecule has 1 saturated heterocycles. The van der Waals surface area contributed by atoms with Gasteiger partial charge in [-0.15, -0.1) is 11.8 Å². The molecule has 2 aromatic heterocycles. The fourth-order valence-electron chi connectivity index (χ4n) is 2.29. The molecule has 0 amide bonds. The fourth-order valence-corrected chi connectivity index (χ4v) is 3.32. The fraction of sp³-hybridized carbons (Fsp3) is 0.312. The van der Waals surface area contributed by atoms with E-state index >= 15 is 0 Å². The van der Waals surface area contributed by atoms with Crippen LogP contribution in [0.25, 0.3) is 11.1 Å². The number of hydrogen-bond acceptors (Lipinski definition) is 5. The summed E-state index contributed by atoms with van der Waals surface area (Å²) < 4.78 is 19.2. The molecule has 0 atom stereocenters. The van der Waals surface area contributed by atoms with E-state index in [9.17, 15) is 4.39 Å². The molecule has 112 valence electrons. The highest BCUT2D eigenvalue weighted by Gasteiger charge is 2.16. The van der Waals surface area contributed by atoms with Gasteiger partial charge in [0.25, 0.3) is 0 Å². The van der Waals surface area contributed by atoms with E-state index in [0.29, 0.717) is 16.4 Å². The van der Waals surface area contributed by atoms with Gasteiger partial charge in [-0.05, 0) is 25.0 Å². The molecule has 0 radical (unpaired) electrons. The van der Waals surface area contributed by atoms with Crippen LogP contribution in [0.15, 0.2) is 35.6 Å². The molecule has 3 rings (SSSR count). The first-order valence-electron chi connectivity index (χ1n) is 7.03. The standard InChI is InChI=1S/C16H14FN3OS/c17-15-10-19-12(8-18)7-14(15)11-1-2-16(20-9-11)22-13-3-5-21-6-4-13/h1-2,7,9-10,13H,3-6H2. The van der Waals surface area contributed by atoms with E-state index in [4.69, 9.17) is 10.00 Å². The lowest BCUT2D eigenvalue weighted by Gasteiger charge is -2.20. The number of pyridine rings is 2. The molecule has 4 nitrogen and oxygen atoms in total. The second kappa shape index (κ2) is 6.86. The van der Waals surface area contributed by atoms with Gasteiger partial charge in [-0.25, -0.2) is 14.4 Å². The van der Waals surface area contributed by atoms with Crippen molar-refractivity contribution in [3.8, 4) is 17.2 Å². The highest BCUT2D eigenvalue weighted by Crippen LogP contribution is 2.30. The summed E-state index contributed by atoms with van der Waals surface area (Å²) in [4.78, 5) is 8.10. The zero-order valence-electron chi connectivity index (χ0n) is 11.8. The SMILES string of the molecule is N#Cc1cc(-c2ccc(SC3CCOCC3)nc2)c(F)cn1. The summed E-state index contributed by atoms with van der Waals surface area (Å²) in [6.45, 7) is 1.60. The minimum Gasteiger partial charge on any atom is -0.381 e. The molecule has 0 aromatic carbocycles. The van der Waals surface area contributed by atoms with Gasteiger partial charge in [0.15, 0.2) is 0 Å². The molecule has 1 aliphatic rings. The molecule has 1 fully saturated rings. The Morgan fingerprint density at radius 2 is 2.05 bits per heavy atom. The van der Waals surface area contributed by atoms with E-state index < -0.39 is 5.82 Å². The summed E-state index contributed by atoms with van der Waals surface area (Å²) >= 11 is 1.73. The van der Waals surface area contributed by atoms with Crippen molar-refractivity contribution in [1.29, 1.82) is 5.26 Å². The highest BCUT2D eigenvalue weighted by atomic mass is 32.2. The number of hydrogen-bond donors (Lipinski definition) is 0. The van der Waals surface area contributed by atoms with E-state index in [1.165, 1.54) is 6.07 Å². The first kappa shape index (κ1) is 14.9. The van der Waals surface area contributed by atoms with E-state index in [1.54, 1.807) is 18.0 Å². The van der Waals surface area contributed by atoms with Crippen LogP contribution in [0.3, 0.4) is 0 Å². The minimum atomic E-state index is -0.453. The summed E-state index contributed by atoms with van der Waals surface area (Å²) in [5.74, 6) is -0.453. The van der Waals surface area contributed by atoms with Gasteiger partial charge in [-0.2, -0.15) is 5.26 Å². The molecule has 0 bridgehead atoms. The largest absolute Gasteiger partial charge is 0.381 e. The number of halogens is 1. The molecule has 2 aromatic rings. The molecule has 0 aliphatic carbocycles. The third-order valence-corrected chi connectivity index (χ3v) is 4.76. The van der Waals surface area contributed by atoms with Crippen LogP contribution in [0.2, 0.25) is 0 Å². The Bertz CT molecular complexity index is 694. The van der Waals surface area contributed by atoms with Crippen molar-refractivity contribution < 1.29 is 9.13 Å². The Balaban J connectivity index is 1.78. The number of nitrogens with zero attached hydrogens (tertiary/aromatic N) is 3. The van der Waals surface area contributed by atoms with Crippen LogP contribution < -0.4 is 0 Å². The summed E-state index contributed by atoms with van der Waals surface area (Å²) in [6, 6.07) is 7.08. The number of ether oxygens (including phenoxy) is 1. The second-order valence-electron chi connectivity index (χ2n) is 4.98. The van der Waals surface area contributed by atoms with Crippen LogP contribution in [0.1, 0.15) is 18.5 Å². The Labute approximate surface area is 132 Å². The molecule has 1 aliphatic heterocycles. The first-order valence-corrected chi connectivity index (χ1v) is 7.90. The molecule has 0 N–H and O–H groups in total. The third kappa shape index (κ3) is 3.43. The van der Waals surface area contributed by atoms with E-state index in [2.05, 4.69) is 9.97 Å². The monoisotopic (exact) mass is 315 g/mol. The minimum absolute atomic E-state index is 0.192. The highest BCUT2D eigenvalue weighted by molar-refractivity contribution is 7.99. The summed E-state index contributed by atoms with van der Waals surface area (Å²) in [6.07, 6.45) is 4.76. The predicted octanol–water partition coefficient (Wildman–Crippen LogP) is 3.43. The molecule has 3 heterocycles. The predicted molar refractivity (Wildman–Crippen MR) is 81.8 cm³/mol. The quantitative estimate of drug-likeness (QED) is 0.868. The van der Waals surface area contributed by atoms with Gasteiger partial charge in [0.05, 0.1) is 11.2 Å². The van der Waals surface area contributed by atoms with Gasteiger partial charge in [-0.3, -0.25) is 0 Å². The topological polar surface area (TPSA) is 58.8 Å². The van der Waals surface area contributed by atoms with Crippen LogP contribution >= 0.6 is 11.8 Å². The average molecular weight is 315 g/mol. The lowest BCUT2D eigenvalue weighted by molar-refractivity contribution is 0.1000. The lowest BCUT2D eigenvalue weighted by atomic mass is 10.1. The van der Waals surface area contributed by atoms with Gasteiger partial charge in [-0.1, -0.05) is 6.07 Å². The Kier molecular flexibility index (Phi) is 4.66. The first-order chi connectivity index (χ1) is 10.8. The normalized spacial score (nSPS) is 15.5. The van der Waals surface area contributed by atoms with Crippen molar-refractivity contribution in [3.63, 3.8) is 0 Å². The molecule has 6 heteroatoms. The van der Waals surface area contributed by atoms with Gasteiger partial charge >= 0.3 is 0 Å². The number of aromatic nitrogens is 2. The lowest BCUT2D eigenvalue weighted by Crippen LogP contribution is -2.17. The number of rotatable bonds is 3. The smallest absolute Gasteiger partial charge is 0.149 e. The summed E-state index contributed by atoms with van der Waals surface area (Å²) in [7, 11) is 0. The molecule has 22 heavy (non-hydrogen) atoms. The molecule has 0 unspecified atom stereocenters. The second-order valence-corrected chi connectivity index (χ2v) is 6.30. The zero-order valence-corrected chi connectivity index (χ0v) is 12.6. The maximum absolute atomic E-state index is 13.8. The molecule has 0 saturated carbocycles. The number of nitriles is 1. The van der Waals surface area contributed by atoms with Crippen LogP contribution in [0.5, 0.6) is 0 Å². The average Bonchev–Trinajstić information content (AvgIpc) is 2.57. The van der Waals surface area contributed by atoms with Gasteiger partial charge < -0.3 is 4.74 Å². The van der Waals surface area contributed by atoms with Crippen molar-refractivity contribution in [2.75, 3.05) is 13.2 Å². The van der Waals surface area contributed by atoms with Gasteiger partial charge in [0, 0.05) is 35.8 Å². The van der Waals surface area contributed by atoms with Gasteiger partial charge in [0.2, 0.25) is 0 Å². The van der Waals surface area contributed by atoms with E-state index in [1.807, 2.05) is 18.2 Å². The van der Waals surface area contributed by atoms with E-state index in [-0.39, 0.29) is 5.69 Å². The Morgan fingerprint density at radius 1 is 1.23 bits per heavy atom. The van der Waals surface area contributed by atoms with Crippen molar-refractivity contribution in [2.24, 2.45) is 0 Å². The summed E-state index contributed by atoms with van der Waals surface area (Å²) in [5, 5.41) is 10.3. The van der Waals surface area contributed by atoms with E-state index in [0.717, 1.165) is 37.3 Å². The van der Waals surface area contributed by atoms with Gasteiger partial charge in [0.1, 0.15) is 17.6 Å². The van der Waals surface area contributed by atoms with Crippen molar-refractivity contribution in [1.82, 2.24) is 9.97 Å². The third-order valence-electron chi connectivity index (χ3n) is 3.47. The van der Waals surface area contributed by atoms with Crippen LogP contribution in [-0.4, -0.2) is 28.4 Å². The Hall–Kier alpha value is -1.97. The van der Waals surface area contributed by atoms with Crippen molar-refractivity contribution >= 4 is 11.8 Å².